The van der Waals surface area contributed by atoms with Crippen molar-refractivity contribution in [2.45, 2.75) is 37.6 Å². The lowest BCUT2D eigenvalue weighted by molar-refractivity contribution is -0.159. The normalized spacial score (nSPS) is 16.2. The van der Waals surface area contributed by atoms with Gasteiger partial charge in [0, 0.05) is 36.7 Å². The molecule has 1 aliphatic carbocycles. The van der Waals surface area contributed by atoms with Crippen molar-refractivity contribution in [3.8, 4) is 0 Å². The molecule has 0 unspecified atom stereocenters. The molecule has 0 aliphatic heterocycles. The second-order valence-electron chi connectivity index (χ2n) is 6.04. The number of aromatic amines is 1. The van der Waals surface area contributed by atoms with E-state index in [1.165, 1.54) is 6.20 Å². The summed E-state index contributed by atoms with van der Waals surface area (Å²) in [4.78, 5) is 36.8. The molecule has 11 heteroatoms. The minimum absolute atomic E-state index is 0.0942. The molecule has 0 atom stereocenters. The van der Waals surface area contributed by atoms with Crippen LogP contribution in [-0.2, 0) is 9.59 Å². The Balaban J connectivity index is 0.000000380. The molecule has 9 nitrogen and oxygen atoms in total. The monoisotopic (exact) mass is 384 g/mol. The fourth-order valence-electron chi connectivity index (χ4n) is 2.74. The van der Waals surface area contributed by atoms with Crippen molar-refractivity contribution in [2.75, 3.05) is 5.32 Å². The van der Waals surface area contributed by atoms with Crippen LogP contribution in [0.3, 0.4) is 0 Å². The first-order valence-electron chi connectivity index (χ1n) is 7.97. The van der Waals surface area contributed by atoms with Crippen LogP contribution in [0.2, 0.25) is 0 Å². The molecule has 0 radical (unpaired) electrons. The summed E-state index contributed by atoms with van der Waals surface area (Å²) in [6.07, 6.45) is 3.55. The predicted octanol–water partition coefficient (Wildman–Crippen LogP) is 1.81. The van der Waals surface area contributed by atoms with E-state index < -0.39 is 23.8 Å². The van der Waals surface area contributed by atoms with Crippen molar-refractivity contribution in [1.29, 1.82) is 0 Å². The van der Waals surface area contributed by atoms with Crippen LogP contribution in [0.1, 0.15) is 36.0 Å². The summed E-state index contributed by atoms with van der Waals surface area (Å²) >= 11 is 0. The number of pyridine rings is 1. The molecule has 2 aromatic heterocycles. The number of hydrogen-bond donors (Lipinski definition) is 5. The van der Waals surface area contributed by atoms with Crippen molar-refractivity contribution in [3.05, 3.63) is 24.0 Å². The van der Waals surface area contributed by atoms with Gasteiger partial charge in [0.05, 0.1) is 11.3 Å². The van der Waals surface area contributed by atoms with Gasteiger partial charge >= 0.3 is 11.9 Å². The Hall–Kier alpha value is -3.24. The van der Waals surface area contributed by atoms with Crippen molar-refractivity contribution in [1.82, 2.24) is 9.97 Å². The van der Waals surface area contributed by atoms with Gasteiger partial charge in [0.15, 0.2) is 0 Å². The molecule has 1 saturated carbocycles. The summed E-state index contributed by atoms with van der Waals surface area (Å²) in [5.41, 5.74) is 6.85. The molecule has 2 heterocycles. The fourth-order valence-corrected chi connectivity index (χ4v) is 2.74. The van der Waals surface area contributed by atoms with E-state index in [0.717, 1.165) is 5.39 Å². The number of aromatic nitrogens is 2. The number of carbonyl (C=O) groups is 3. The Labute approximate surface area is 151 Å². The number of H-pyrrole nitrogens is 1. The highest BCUT2D eigenvalue weighted by molar-refractivity contribution is 6.27. The fraction of sp³-hybridized carbons (Fsp3) is 0.375. The van der Waals surface area contributed by atoms with Crippen LogP contribution in [0.4, 0.5) is 14.5 Å². The molecular weight excluding hydrogens is 366 g/mol. The highest BCUT2D eigenvalue weighted by Crippen LogP contribution is 2.35. The molecule has 6 N–H and O–H groups in total. The molecule has 1 amide bonds. The van der Waals surface area contributed by atoms with Crippen LogP contribution in [-0.4, -0.2) is 50.0 Å². The molecule has 0 bridgehead atoms. The minimum Gasteiger partial charge on any atom is -0.473 e. The molecule has 1 aliphatic rings. The van der Waals surface area contributed by atoms with Gasteiger partial charge in [-0.3, -0.25) is 4.79 Å². The predicted molar refractivity (Wildman–Crippen MR) is 90.7 cm³/mol. The maximum absolute atomic E-state index is 13.2. The molecule has 0 saturated heterocycles. The van der Waals surface area contributed by atoms with E-state index in [1.54, 1.807) is 12.3 Å². The van der Waals surface area contributed by atoms with Crippen molar-refractivity contribution in [2.24, 2.45) is 5.73 Å². The minimum atomic E-state index is -2.58. The van der Waals surface area contributed by atoms with E-state index in [4.69, 9.17) is 25.5 Å². The van der Waals surface area contributed by atoms with Gasteiger partial charge in [0.2, 0.25) is 5.92 Å². The second kappa shape index (κ2) is 7.98. The van der Waals surface area contributed by atoms with E-state index in [9.17, 15) is 13.6 Å². The molecule has 146 valence electrons. The molecule has 27 heavy (non-hydrogen) atoms. The molecule has 2 aromatic rings. The maximum atomic E-state index is 13.2. The van der Waals surface area contributed by atoms with E-state index in [2.05, 4.69) is 15.3 Å². The van der Waals surface area contributed by atoms with Gasteiger partial charge < -0.3 is 26.2 Å². The van der Waals surface area contributed by atoms with Crippen molar-refractivity contribution in [3.63, 3.8) is 0 Å². The number of primary amides is 1. The van der Waals surface area contributed by atoms with Gasteiger partial charge in [-0.05, 0) is 18.9 Å². The van der Waals surface area contributed by atoms with Crippen LogP contribution in [0.25, 0.3) is 11.0 Å². The molecule has 0 spiro atoms. The van der Waals surface area contributed by atoms with E-state index in [1.807, 2.05) is 0 Å². The smallest absolute Gasteiger partial charge is 0.414 e. The van der Waals surface area contributed by atoms with Gasteiger partial charge in [0.1, 0.15) is 5.65 Å². The Bertz CT molecular complexity index is 846. The first kappa shape index (κ1) is 20.1. The number of nitrogens with zero attached hydrogens (tertiary/aromatic N) is 1. The third-order valence-electron chi connectivity index (χ3n) is 4.10. The first-order valence-corrected chi connectivity index (χ1v) is 7.97. The number of carboxylic acids is 2. The largest absolute Gasteiger partial charge is 0.473 e. The lowest BCUT2D eigenvalue weighted by Gasteiger charge is -2.30. The maximum Gasteiger partial charge on any atom is 0.414 e. The van der Waals surface area contributed by atoms with Crippen molar-refractivity contribution < 1.29 is 33.4 Å². The summed E-state index contributed by atoms with van der Waals surface area (Å²) in [5, 5.41) is 18.7. The topological polar surface area (TPSA) is 158 Å². The van der Waals surface area contributed by atoms with Gasteiger partial charge in [-0.2, -0.15) is 0 Å². The number of halogens is 2. The van der Waals surface area contributed by atoms with Crippen molar-refractivity contribution >= 4 is 34.6 Å². The summed E-state index contributed by atoms with van der Waals surface area (Å²) in [6.45, 7) is 0. The van der Waals surface area contributed by atoms with Gasteiger partial charge in [-0.25, -0.2) is 23.4 Å². The second-order valence-corrected chi connectivity index (χ2v) is 6.04. The number of nitrogens with two attached hydrogens (primary N) is 1. The lowest BCUT2D eigenvalue weighted by atomic mass is 9.92. The zero-order valence-corrected chi connectivity index (χ0v) is 14.0. The lowest BCUT2D eigenvalue weighted by Crippen LogP contribution is -2.32. The number of nitrogens with one attached hydrogen (secondary N) is 2. The summed E-state index contributed by atoms with van der Waals surface area (Å²) in [6, 6.07) is 1.69. The Morgan fingerprint density at radius 2 is 1.81 bits per heavy atom. The summed E-state index contributed by atoms with van der Waals surface area (Å²) < 4.78 is 26.4. The number of alkyl halides is 2. The van der Waals surface area contributed by atoms with Crippen LogP contribution in [0, 0.1) is 0 Å². The Morgan fingerprint density at radius 1 is 1.22 bits per heavy atom. The van der Waals surface area contributed by atoms with Gasteiger partial charge in [-0.15, -0.1) is 0 Å². The number of carbonyl (C=O) groups excluding carboxylic acids is 1. The van der Waals surface area contributed by atoms with Crippen LogP contribution < -0.4 is 11.1 Å². The highest BCUT2D eigenvalue weighted by Gasteiger charge is 2.35. The highest BCUT2D eigenvalue weighted by atomic mass is 19.3. The number of amides is 1. The quantitative estimate of drug-likeness (QED) is 0.505. The van der Waals surface area contributed by atoms with Crippen LogP contribution >= 0.6 is 0 Å². The molecule has 1 fully saturated rings. The number of fused-ring (bicyclic) bond motifs is 1. The third-order valence-corrected chi connectivity index (χ3v) is 4.10. The average molecular weight is 384 g/mol. The van der Waals surface area contributed by atoms with Gasteiger partial charge in [-0.1, -0.05) is 0 Å². The van der Waals surface area contributed by atoms with Crippen LogP contribution in [0.15, 0.2) is 18.5 Å². The number of rotatable bonds is 3. The van der Waals surface area contributed by atoms with E-state index >= 15 is 0 Å². The zero-order chi connectivity index (χ0) is 20.2. The molecule has 0 aromatic carbocycles. The average Bonchev–Trinajstić information content (AvgIpc) is 3.06. The SMILES string of the molecule is NC(=O)c1cnc2[nH]ccc2c1NC1CCC(F)(F)CC1.O=C(O)C(=O)O. The summed E-state index contributed by atoms with van der Waals surface area (Å²) in [5.74, 6) is -6.81. The number of anilines is 1. The number of carboxylic acid groups (broad SMARTS) is 2. The Kier molecular flexibility index (Phi) is 5.93. The van der Waals surface area contributed by atoms with Crippen LogP contribution in [0.5, 0.6) is 0 Å². The van der Waals surface area contributed by atoms with Gasteiger partial charge in [0.25, 0.3) is 5.91 Å². The summed E-state index contributed by atoms with van der Waals surface area (Å²) in [7, 11) is 0. The van der Waals surface area contributed by atoms with E-state index in [-0.39, 0.29) is 24.4 Å². The molecule has 3 rings (SSSR count). The molecular formula is C16H18F2N4O5. The third kappa shape index (κ3) is 5.12. The number of hydrogen-bond acceptors (Lipinski definition) is 5. The standard InChI is InChI=1S/C14H16F2N4O.C2H2O4/c15-14(16)4-1-8(2-5-14)20-11-9-3-6-18-13(9)19-7-10(11)12(17)21;3-1(4)2(5)6/h3,6-8H,1-2,4-5H2,(H2,17,21)(H2,18,19,20);(H,3,4)(H,5,6). The van der Waals surface area contributed by atoms with E-state index in [0.29, 0.717) is 24.2 Å². The number of aliphatic carboxylic acids is 2. The first-order chi connectivity index (χ1) is 12.6. The zero-order valence-electron chi connectivity index (χ0n) is 14.0. The Morgan fingerprint density at radius 3 is 2.33 bits per heavy atom.